The highest BCUT2D eigenvalue weighted by molar-refractivity contribution is 7.07. The predicted molar refractivity (Wildman–Crippen MR) is 112 cm³/mol. The number of hydrogen-bond donors (Lipinski definition) is 0. The number of benzene rings is 1. The van der Waals surface area contributed by atoms with Crippen LogP contribution in [0.1, 0.15) is 32.9 Å². The van der Waals surface area contributed by atoms with E-state index >= 15 is 0 Å². The molecule has 2 aromatic heterocycles. The average Bonchev–Trinajstić information content (AvgIpc) is 3.36. The van der Waals surface area contributed by atoms with Crippen LogP contribution in [0.2, 0.25) is 0 Å². The third kappa shape index (κ3) is 4.68. The summed E-state index contributed by atoms with van der Waals surface area (Å²) < 4.78 is 11.1. The molecule has 4 rings (SSSR count). The number of carbonyl (C=O) groups is 1. The molecular formula is C22H25N3O3S. The standard InChI is InChI=1S/C22H25N3O3S/c1-16-21(17(2)28-23-16)14-27-20-5-3-4-19(12-20)22(26)25-9-7-24(8-10-25)13-18-6-11-29-15-18/h3-6,11-12,15H,7-10,13-14H2,1-2H3. The van der Waals surface area contributed by atoms with Gasteiger partial charge in [0.25, 0.3) is 5.91 Å². The van der Waals surface area contributed by atoms with Crippen LogP contribution in [0.3, 0.4) is 0 Å². The van der Waals surface area contributed by atoms with Gasteiger partial charge in [0.15, 0.2) is 0 Å². The Kier molecular flexibility index (Phi) is 5.97. The molecule has 1 amide bonds. The largest absolute Gasteiger partial charge is 0.489 e. The normalized spacial score (nSPS) is 14.9. The molecule has 6 nitrogen and oxygen atoms in total. The fourth-order valence-electron chi connectivity index (χ4n) is 3.51. The van der Waals surface area contributed by atoms with Crippen molar-refractivity contribution in [1.29, 1.82) is 0 Å². The summed E-state index contributed by atoms with van der Waals surface area (Å²) in [5, 5.41) is 8.24. The lowest BCUT2D eigenvalue weighted by molar-refractivity contribution is 0.0628. The third-order valence-corrected chi connectivity index (χ3v) is 6.02. The monoisotopic (exact) mass is 411 g/mol. The third-order valence-electron chi connectivity index (χ3n) is 5.29. The van der Waals surface area contributed by atoms with E-state index in [0.29, 0.717) is 17.9 Å². The molecule has 0 atom stereocenters. The Morgan fingerprint density at radius 1 is 1.21 bits per heavy atom. The molecule has 3 aromatic rings. The summed E-state index contributed by atoms with van der Waals surface area (Å²) in [5.41, 5.74) is 3.78. The summed E-state index contributed by atoms with van der Waals surface area (Å²) >= 11 is 1.72. The number of hydrogen-bond acceptors (Lipinski definition) is 6. The summed E-state index contributed by atoms with van der Waals surface area (Å²) in [6.07, 6.45) is 0. The molecule has 152 valence electrons. The van der Waals surface area contributed by atoms with Gasteiger partial charge in [-0.2, -0.15) is 11.3 Å². The van der Waals surface area contributed by atoms with E-state index in [2.05, 4.69) is 26.9 Å². The predicted octanol–water partition coefficient (Wildman–Crippen LogP) is 3.89. The maximum Gasteiger partial charge on any atom is 0.254 e. The molecule has 29 heavy (non-hydrogen) atoms. The van der Waals surface area contributed by atoms with Crippen LogP contribution in [-0.4, -0.2) is 47.0 Å². The first-order valence-electron chi connectivity index (χ1n) is 9.77. The number of aromatic nitrogens is 1. The Hall–Kier alpha value is -2.64. The molecule has 1 aliphatic heterocycles. The number of piperazine rings is 1. The Morgan fingerprint density at radius 3 is 2.72 bits per heavy atom. The van der Waals surface area contributed by atoms with Crippen LogP contribution in [0.4, 0.5) is 0 Å². The molecule has 0 N–H and O–H groups in total. The second kappa shape index (κ2) is 8.80. The van der Waals surface area contributed by atoms with E-state index in [4.69, 9.17) is 9.26 Å². The molecule has 0 spiro atoms. The van der Waals surface area contributed by atoms with Gasteiger partial charge >= 0.3 is 0 Å². The molecule has 0 unspecified atom stereocenters. The van der Waals surface area contributed by atoms with Crippen molar-refractivity contribution in [2.75, 3.05) is 26.2 Å². The summed E-state index contributed by atoms with van der Waals surface area (Å²) in [6, 6.07) is 9.56. The van der Waals surface area contributed by atoms with E-state index in [1.54, 1.807) is 11.3 Å². The van der Waals surface area contributed by atoms with Gasteiger partial charge < -0.3 is 14.2 Å². The molecular weight excluding hydrogens is 386 g/mol. The SMILES string of the molecule is Cc1noc(C)c1COc1cccc(C(=O)N2CCN(Cc3ccsc3)CC2)c1. The second-order valence-corrected chi connectivity index (χ2v) is 8.10. The van der Waals surface area contributed by atoms with Crippen LogP contribution in [0.5, 0.6) is 5.75 Å². The Morgan fingerprint density at radius 2 is 2.03 bits per heavy atom. The molecule has 0 radical (unpaired) electrons. The lowest BCUT2D eigenvalue weighted by atomic mass is 10.1. The summed E-state index contributed by atoms with van der Waals surface area (Å²) in [7, 11) is 0. The zero-order valence-electron chi connectivity index (χ0n) is 16.8. The fourth-order valence-corrected chi connectivity index (χ4v) is 4.17. The Bertz CT molecular complexity index is 940. The van der Waals surface area contributed by atoms with Gasteiger partial charge in [-0.3, -0.25) is 9.69 Å². The van der Waals surface area contributed by atoms with Crippen molar-refractivity contribution in [3.05, 3.63) is 69.2 Å². The number of ether oxygens (including phenoxy) is 1. The molecule has 1 fully saturated rings. The maximum absolute atomic E-state index is 12.9. The van der Waals surface area contributed by atoms with Gasteiger partial charge in [0.2, 0.25) is 0 Å². The summed E-state index contributed by atoms with van der Waals surface area (Å²) in [6.45, 7) is 8.37. The number of aryl methyl sites for hydroxylation is 2. The molecule has 1 saturated heterocycles. The first-order valence-corrected chi connectivity index (χ1v) is 10.7. The first-order chi connectivity index (χ1) is 14.1. The van der Waals surface area contributed by atoms with Gasteiger partial charge in [-0.25, -0.2) is 0 Å². The number of nitrogens with zero attached hydrogens (tertiary/aromatic N) is 3. The van der Waals surface area contributed by atoms with Crippen LogP contribution in [0, 0.1) is 13.8 Å². The molecule has 0 aliphatic carbocycles. The van der Waals surface area contributed by atoms with Crippen molar-refractivity contribution in [2.24, 2.45) is 0 Å². The fraction of sp³-hybridized carbons (Fsp3) is 0.364. The zero-order valence-corrected chi connectivity index (χ0v) is 17.6. The van der Waals surface area contributed by atoms with Gasteiger partial charge in [0.1, 0.15) is 18.1 Å². The van der Waals surface area contributed by atoms with Gasteiger partial charge in [-0.15, -0.1) is 0 Å². The highest BCUT2D eigenvalue weighted by Gasteiger charge is 2.22. The van der Waals surface area contributed by atoms with E-state index in [1.807, 2.05) is 43.0 Å². The minimum atomic E-state index is 0.0583. The highest BCUT2D eigenvalue weighted by Crippen LogP contribution is 2.20. The van der Waals surface area contributed by atoms with Crippen molar-refractivity contribution < 1.29 is 14.1 Å². The van der Waals surface area contributed by atoms with Crippen molar-refractivity contribution in [3.8, 4) is 5.75 Å². The Labute approximate surface area is 174 Å². The first kappa shape index (κ1) is 19.7. The lowest BCUT2D eigenvalue weighted by Gasteiger charge is -2.34. The van der Waals surface area contributed by atoms with Crippen molar-refractivity contribution in [1.82, 2.24) is 15.0 Å². The molecule has 1 aliphatic rings. The number of rotatable bonds is 6. The van der Waals surface area contributed by atoms with E-state index in [9.17, 15) is 4.79 Å². The minimum Gasteiger partial charge on any atom is -0.489 e. The van der Waals surface area contributed by atoms with E-state index < -0.39 is 0 Å². The minimum absolute atomic E-state index is 0.0583. The molecule has 0 bridgehead atoms. The van der Waals surface area contributed by atoms with Crippen molar-refractivity contribution in [2.45, 2.75) is 27.0 Å². The van der Waals surface area contributed by atoms with E-state index in [0.717, 1.165) is 49.7 Å². The highest BCUT2D eigenvalue weighted by atomic mass is 32.1. The number of thiophene rings is 1. The molecule has 3 heterocycles. The van der Waals surface area contributed by atoms with Crippen LogP contribution >= 0.6 is 11.3 Å². The number of carbonyl (C=O) groups excluding carboxylic acids is 1. The van der Waals surface area contributed by atoms with Crippen LogP contribution in [0.15, 0.2) is 45.6 Å². The summed E-state index contributed by atoms with van der Waals surface area (Å²) in [5.74, 6) is 1.49. The van der Waals surface area contributed by atoms with E-state index in [1.165, 1.54) is 5.56 Å². The quantitative estimate of drug-likeness (QED) is 0.616. The number of amides is 1. The van der Waals surface area contributed by atoms with Gasteiger partial charge in [-0.05, 0) is 54.4 Å². The second-order valence-electron chi connectivity index (χ2n) is 7.32. The Balaban J connectivity index is 1.34. The lowest BCUT2D eigenvalue weighted by Crippen LogP contribution is -2.48. The topological polar surface area (TPSA) is 58.8 Å². The molecule has 0 saturated carbocycles. The average molecular weight is 412 g/mol. The van der Waals surface area contributed by atoms with Crippen LogP contribution < -0.4 is 4.74 Å². The molecule has 1 aromatic carbocycles. The zero-order chi connectivity index (χ0) is 20.2. The van der Waals surface area contributed by atoms with E-state index in [-0.39, 0.29) is 5.91 Å². The van der Waals surface area contributed by atoms with Gasteiger partial charge in [0.05, 0.1) is 11.3 Å². The van der Waals surface area contributed by atoms with Crippen LogP contribution in [-0.2, 0) is 13.2 Å². The van der Waals surface area contributed by atoms with Gasteiger partial charge in [-0.1, -0.05) is 11.2 Å². The van der Waals surface area contributed by atoms with Gasteiger partial charge in [0, 0.05) is 38.3 Å². The maximum atomic E-state index is 12.9. The molecule has 7 heteroatoms. The summed E-state index contributed by atoms with van der Waals surface area (Å²) in [4.78, 5) is 17.3. The smallest absolute Gasteiger partial charge is 0.254 e. The van der Waals surface area contributed by atoms with Crippen LogP contribution in [0.25, 0.3) is 0 Å². The van der Waals surface area contributed by atoms with Crippen molar-refractivity contribution >= 4 is 17.2 Å². The van der Waals surface area contributed by atoms with Crippen molar-refractivity contribution in [3.63, 3.8) is 0 Å².